The van der Waals surface area contributed by atoms with E-state index in [1.165, 1.54) is 0 Å². The number of carbonyl (C=O) groups excluding carboxylic acids is 2. The molecular weight excluding hydrogens is 383 g/mol. The highest BCUT2D eigenvalue weighted by atomic mass is 35.5. The van der Waals surface area contributed by atoms with Crippen molar-refractivity contribution in [2.75, 3.05) is 13.1 Å². The maximum atomic E-state index is 11.8. The Morgan fingerprint density at radius 3 is 1.59 bits per heavy atom. The largest absolute Gasteiger partial charge is 0.356 e. The fourth-order valence-electron chi connectivity index (χ4n) is 2.66. The maximum absolute atomic E-state index is 11.8. The van der Waals surface area contributed by atoms with E-state index >= 15 is 0 Å². The summed E-state index contributed by atoms with van der Waals surface area (Å²) in [6.07, 6.45) is 2.69. The van der Waals surface area contributed by atoms with Gasteiger partial charge in [-0.3, -0.25) is 9.59 Å². The van der Waals surface area contributed by atoms with Crippen LogP contribution in [0.5, 0.6) is 0 Å². The average Bonchev–Trinajstić information content (AvgIpc) is 2.62. The lowest BCUT2D eigenvalue weighted by Gasteiger charge is -2.07. The van der Waals surface area contributed by atoms with E-state index in [0.29, 0.717) is 42.4 Å². The summed E-state index contributed by atoms with van der Waals surface area (Å²) < 4.78 is 0. The van der Waals surface area contributed by atoms with Gasteiger partial charge in [-0.1, -0.05) is 47.5 Å². The Morgan fingerprint density at radius 1 is 0.741 bits per heavy atom. The second kappa shape index (κ2) is 11.6. The highest BCUT2D eigenvalue weighted by molar-refractivity contribution is 6.30. The van der Waals surface area contributed by atoms with Crippen LogP contribution < -0.4 is 10.6 Å². The normalized spacial score (nSPS) is 10.4. The Morgan fingerprint density at radius 2 is 1.19 bits per heavy atom. The molecule has 144 valence electrons. The van der Waals surface area contributed by atoms with Crippen molar-refractivity contribution in [3.8, 4) is 0 Å². The van der Waals surface area contributed by atoms with Gasteiger partial charge < -0.3 is 10.6 Å². The zero-order valence-electron chi connectivity index (χ0n) is 15.1. The zero-order chi connectivity index (χ0) is 19.5. The van der Waals surface area contributed by atoms with Crippen LogP contribution in [0.15, 0.2) is 48.5 Å². The number of hydrogen-bond donors (Lipinski definition) is 2. The summed E-state index contributed by atoms with van der Waals surface area (Å²) in [6.45, 7) is 1.12. The topological polar surface area (TPSA) is 58.2 Å². The van der Waals surface area contributed by atoms with E-state index in [-0.39, 0.29) is 11.8 Å². The third-order valence-corrected chi connectivity index (χ3v) is 4.53. The smallest absolute Gasteiger partial charge is 0.220 e. The molecule has 2 aromatic rings. The average molecular weight is 407 g/mol. The molecule has 0 aromatic heterocycles. The quantitative estimate of drug-likeness (QED) is 0.621. The van der Waals surface area contributed by atoms with Gasteiger partial charge in [-0.15, -0.1) is 0 Å². The molecule has 0 heterocycles. The van der Waals surface area contributed by atoms with Crippen LogP contribution in [-0.4, -0.2) is 24.9 Å². The lowest BCUT2D eigenvalue weighted by atomic mass is 10.1. The molecule has 0 atom stereocenters. The second-order valence-electron chi connectivity index (χ2n) is 6.31. The van der Waals surface area contributed by atoms with Crippen LogP contribution in [0.2, 0.25) is 10.0 Å². The number of amides is 2. The minimum absolute atomic E-state index is 0.0382. The Balaban J connectivity index is 1.53. The van der Waals surface area contributed by atoms with Gasteiger partial charge in [-0.05, 0) is 54.7 Å². The van der Waals surface area contributed by atoms with Crippen LogP contribution in [-0.2, 0) is 22.4 Å². The Labute approximate surface area is 170 Å². The van der Waals surface area contributed by atoms with Gasteiger partial charge in [-0.25, -0.2) is 0 Å². The fourth-order valence-corrected chi connectivity index (χ4v) is 3.09. The van der Waals surface area contributed by atoms with Crippen molar-refractivity contribution in [2.24, 2.45) is 0 Å². The lowest BCUT2D eigenvalue weighted by molar-refractivity contribution is -0.122. The number of carbonyl (C=O) groups is 2. The van der Waals surface area contributed by atoms with Crippen molar-refractivity contribution in [3.05, 3.63) is 69.7 Å². The summed E-state index contributed by atoms with van der Waals surface area (Å²) in [5, 5.41) is 7.13. The van der Waals surface area contributed by atoms with Crippen molar-refractivity contribution in [2.45, 2.75) is 32.1 Å². The fraction of sp³-hybridized carbons (Fsp3) is 0.333. The standard InChI is InChI=1S/C21H24Cl2N2O2/c22-18-6-1-4-16(14-18)10-12-24-20(26)8-3-9-21(27)25-13-11-17-5-2-7-19(23)15-17/h1-2,4-7,14-15H,3,8-13H2,(H,24,26)(H,25,27). The number of hydrogen-bond acceptors (Lipinski definition) is 2. The van der Waals surface area contributed by atoms with Crippen LogP contribution in [0.25, 0.3) is 0 Å². The first-order valence-corrected chi connectivity index (χ1v) is 9.81. The first-order valence-electron chi connectivity index (χ1n) is 9.05. The molecule has 0 saturated heterocycles. The molecule has 0 aliphatic rings. The zero-order valence-corrected chi connectivity index (χ0v) is 16.7. The van der Waals surface area contributed by atoms with Gasteiger partial charge in [0.15, 0.2) is 0 Å². The molecule has 2 N–H and O–H groups in total. The molecule has 0 radical (unpaired) electrons. The molecule has 0 aliphatic heterocycles. The molecule has 0 fully saturated rings. The summed E-state index contributed by atoms with van der Waals surface area (Å²) >= 11 is 11.9. The Kier molecular flexibility index (Phi) is 9.16. The molecule has 0 spiro atoms. The number of benzene rings is 2. The van der Waals surface area contributed by atoms with Crippen molar-refractivity contribution < 1.29 is 9.59 Å². The molecule has 6 heteroatoms. The van der Waals surface area contributed by atoms with Crippen LogP contribution in [0.1, 0.15) is 30.4 Å². The predicted molar refractivity (Wildman–Crippen MR) is 110 cm³/mol. The summed E-state index contributed by atoms with van der Waals surface area (Å²) in [7, 11) is 0. The summed E-state index contributed by atoms with van der Waals surface area (Å²) in [6, 6.07) is 15.2. The lowest BCUT2D eigenvalue weighted by Crippen LogP contribution is -2.27. The molecule has 2 amide bonds. The molecule has 27 heavy (non-hydrogen) atoms. The van der Waals surface area contributed by atoms with Gasteiger partial charge >= 0.3 is 0 Å². The van der Waals surface area contributed by atoms with Crippen molar-refractivity contribution in [3.63, 3.8) is 0 Å². The van der Waals surface area contributed by atoms with Gasteiger partial charge in [-0.2, -0.15) is 0 Å². The molecule has 0 saturated carbocycles. The molecule has 2 rings (SSSR count). The second-order valence-corrected chi connectivity index (χ2v) is 7.19. The molecule has 2 aromatic carbocycles. The van der Waals surface area contributed by atoms with Crippen molar-refractivity contribution >= 4 is 35.0 Å². The van der Waals surface area contributed by atoms with E-state index in [9.17, 15) is 9.59 Å². The third kappa shape index (κ3) is 8.94. The first kappa shape index (κ1) is 21.3. The molecular formula is C21H24Cl2N2O2. The van der Waals surface area contributed by atoms with Crippen molar-refractivity contribution in [1.82, 2.24) is 10.6 Å². The summed E-state index contributed by atoms with van der Waals surface area (Å²) in [5.41, 5.74) is 2.17. The molecule has 0 unspecified atom stereocenters. The van der Waals surface area contributed by atoms with E-state index in [0.717, 1.165) is 24.0 Å². The summed E-state index contributed by atoms with van der Waals surface area (Å²) in [4.78, 5) is 23.7. The monoisotopic (exact) mass is 406 g/mol. The first-order chi connectivity index (χ1) is 13.0. The maximum Gasteiger partial charge on any atom is 0.220 e. The Hall–Kier alpha value is -2.04. The number of halogens is 2. The summed E-state index contributed by atoms with van der Waals surface area (Å²) in [5.74, 6) is -0.0764. The van der Waals surface area contributed by atoms with E-state index in [4.69, 9.17) is 23.2 Å². The Bertz CT molecular complexity index is 702. The molecule has 0 bridgehead atoms. The van der Waals surface area contributed by atoms with Crippen LogP contribution in [0.4, 0.5) is 0 Å². The van der Waals surface area contributed by atoms with Crippen molar-refractivity contribution in [1.29, 1.82) is 0 Å². The predicted octanol–water partition coefficient (Wildman–Crippen LogP) is 4.18. The van der Waals surface area contributed by atoms with E-state index in [1.807, 2.05) is 48.5 Å². The SMILES string of the molecule is O=C(CCCC(=O)NCCc1cccc(Cl)c1)NCCc1cccc(Cl)c1. The third-order valence-electron chi connectivity index (χ3n) is 4.06. The van der Waals surface area contributed by atoms with E-state index in [2.05, 4.69) is 10.6 Å². The molecule has 0 aliphatic carbocycles. The van der Waals surface area contributed by atoms with Gasteiger partial charge in [0.05, 0.1) is 0 Å². The van der Waals surface area contributed by atoms with Crippen LogP contribution >= 0.6 is 23.2 Å². The van der Waals surface area contributed by atoms with Crippen LogP contribution in [0.3, 0.4) is 0 Å². The minimum atomic E-state index is -0.0382. The van der Waals surface area contributed by atoms with Gasteiger partial charge in [0.1, 0.15) is 0 Å². The number of rotatable bonds is 10. The van der Waals surface area contributed by atoms with Gasteiger partial charge in [0.2, 0.25) is 11.8 Å². The van der Waals surface area contributed by atoms with E-state index < -0.39 is 0 Å². The molecule has 4 nitrogen and oxygen atoms in total. The van der Waals surface area contributed by atoms with E-state index in [1.54, 1.807) is 0 Å². The van der Waals surface area contributed by atoms with Gasteiger partial charge in [0.25, 0.3) is 0 Å². The van der Waals surface area contributed by atoms with Crippen LogP contribution in [0, 0.1) is 0 Å². The van der Waals surface area contributed by atoms with Gasteiger partial charge in [0, 0.05) is 36.0 Å². The minimum Gasteiger partial charge on any atom is -0.356 e. The number of nitrogens with one attached hydrogen (secondary N) is 2. The highest BCUT2D eigenvalue weighted by Crippen LogP contribution is 2.11. The highest BCUT2D eigenvalue weighted by Gasteiger charge is 2.05.